The van der Waals surface area contributed by atoms with Crippen molar-refractivity contribution >= 4 is 40.6 Å². The Morgan fingerprint density at radius 3 is 2.53 bits per heavy atom. The monoisotopic (exact) mass is 548 g/mol. The van der Waals surface area contributed by atoms with Gasteiger partial charge in [0.15, 0.2) is 0 Å². The third-order valence-electron chi connectivity index (χ3n) is 7.29. The summed E-state index contributed by atoms with van der Waals surface area (Å²) in [6.07, 6.45) is -3.30. The second kappa shape index (κ2) is 8.07. The maximum absolute atomic E-state index is 14.2. The number of carbonyl (C=O) groups excluding carboxylic acids is 2. The van der Waals surface area contributed by atoms with Gasteiger partial charge in [-0.25, -0.2) is 13.6 Å². The number of hydrogen-bond donors (Lipinski definition) is 3. The molecule has 0 saturated heterocycles. The molecule has 2 aliphatic heterocycles. The van der Waals surface area contributed by atoms with E-state index in [-0.39, 0.29) is 27.4 Å². The summed E-state index contributed by atoms with van der Waals surface area (Å²) in [5.74, 6) is -2.88. The zero-order chi connectivity index (χ0) is 27.1. The molecule has 1 aliphatic carbocycles. The van der Waals surface area contributed by atoms with Gasteiger partial charge in [-0.3, -0.25) is 9.69 Å². The van der Waals surface area contributed by atoms with Gasteiger partial charge in [0.05, 0.1) is 23.0 Å². The lowest BCUT2D eigenvalue weighted by Crippen LogP contribution is -2.46. The lowest BCUT2D eigenvalue weighted by atomic mass is 9.88. The number of halogens is 6. The Labute approximate surface area is 217 Å². The van der Waals surface area contributed by atoms with E-state index in [4.69, 9.17) is 17.3 Å². The van der Waals surface area contributed by atoms with Gasteiger partial charge in [0, 0.05) is 44.9 Å². The first-order valence-electron chi connectivity index (χ1n) is 11.6. The number of nitrogens with one attached hydrogen (secondary N) is 2. The molecule has 6 nitrogen and oxygen atoms in total. The molecule has 2 heterocycles. The Kier molecular flexibility index (Phi) is 5.20. The van der Waals surface area contributed by atoms with Gasteiger partial charge < -0.3 is 16.4 Å². The van der Waals surface area contributed by atoms with Crippen LogP contribution >= 0.6 is 11.6 Å². The standard InChI is InChI=1S/C26H18ClF5N4O2/c27-16-2-1-13(28)8-15(16)21-19-18(34-23(37)11-5-12(26(30,31)32)7-14(29)6-11)9-17(33)20-22(19)36(24(38)35-21)10-25(20)3-4-25/h1-2,5-9,21H,3-4,10,33H2,(H,34,37)(H,35,38). The third-order valence-corrected chi connectivity index (χ3v) is 7.64. The number of nitrogen functional groups attached to an aromatic ring is 1. The number of urea groups is 1. The smallest absolute Gasteiger partial charge is 0.398 e. The molecule has 4 N–H and O–H groups in total. The fourth-order valence-corrected chi connectivity index (χ4v) is 5.68. The quantitative estimate of drug-likeness (QED) is 0.272. The summed E-state index contributed by atoms with van der Waals surface area (Å²) in [5, 5.41) is 5.49. The van der Waals surface area contributed by atoms with Crippen LogP contribution in [0.2, 0.25) is 5.02 Å². The van der Waals surface area contributed by atoms with Crippen molar-refractivity contribution in [3.8, 4) is 0 Å². The van der Waals surface area contributed by atoms with E-state index in [1.807, 2.05) is 0 Å². The van der Waals surface area contributed by atoms with Crippen molar-refractivity contribution in [2.75, 3.05) is 22.5 Å². The van der Waals surface area contributed by atoms with E-state index < -0.39 is 46.9 Å². The van der Waals surface area contributed by atoms with Crippen LogP contribution in [-0.4, -0.2) is 18.5 Å². The number of nitrogens with zero attached hydrogens (tertiary/aromatic N) is 1. The van der Waals surface area contributed by atoms with E-state index in [1.165, 1.54) is 17.0 Å². The van der Waals surface area contributed by atoms with E-state index >= 15 is 0 Å². The molecule has 3 aliphatic rings. The van der Waals surface area contributed by atoms with Crippen LogP contribution in [0.4, 0.5) is 43.8 Å². The summed E-state index contributed by atoms with van der Waals surface area (Å²) in [5.41, 5.74) is 6.24. The van der Waals surface area contributed by atoms with Crippen molar-refractivity contribution in [3.05, 3.63) is 86.9 Å². The average molecular weight is 549 g/mol. The Morgan fingerprint density at radius 1 is 1.11 bits per heavy atom. The highest BCUT2D eigenvalue weighted by Gasteiger charge is 2.57. The van der Waals surface area contributed by atoms with Crippen LogP contribution in [0, 0.1) is 11.6 Å². The summed E-state index contributed by atoms with van der Waals surface area (Å²) >= 11 is 6.37. The second-order valence-electron chi connectivity index (χ2n) is 9.75. The molecule has 3 amide bonds. The fraction of sp³-hybridized carbons (Fsp3) is 0.231. The van der Waals surface area contributed by atoms with Crippen LogP contribution in [0.3, 0.4) is 0 Å². The maximum atomic E-state index is 14.2. The minimum atomic E-state index is -4.87. The molecule has 1 unspecified atom stereocenters. The van der Waals surface area contributed by atoms with Crippen LogP contribution < -0.4 is 21.3 Å². The average Bonchev–Trinajstić information content (AvgIpc) is 3.52. The summed E-state index contributed by atoms with van der Waals surface area (Å²) in [6, 6.07) is 5.12. The summed E-state index contributed by atoms with van der Waals surface area (Å²) < 4.78 is 67.9. The van der Waals surface area contributed by atoms with E-state index in [9.17, 15) is 31.5 Å². The summed E-state index contributed by atoms with van der Waals surface area (Å²) in [6.45, 7) is 0.352. The highest BCUT2D eigenvalue weighted by atomic mass is 35.5. The zero-order valence-electron chi connectivity index (χ0n) is 19.3. The number of amides is 3. The first-order valence-corrected chi connectivity index (χ1v) is 11.9. The lowest BCUT2D eigenvalue weighted by molar-refractivity contribution is -0.137. The van der Waals surface area contributed by atoms with Crippen molar-refractivity contribution in [1.82, 2.24) is 5.32 Å². The highest BCUT2D eigenvalue weighted by Crippen LogP contribution is 2.62. The van der Waals surface area contributed by atoms with E-state index in [0.29, 0.717) is 36.0 Å². The Morgan fingerprint density at radius 2 is 1.84 bits per heavy atom. The molecule has 1 spiro atoms. The van der Waals surface area contributed by atoms with Crippen molar-refractivity contribution < 1.29 is 31.5 Å². The molecule has 0 radical (unpaired) electrons. The van der Waals surface area contributed by atoms with Crippen LogP contribution in [-0.2, 0) is 11.6 Å². The molecule has 6 rings (SSSR count). The number of hydrogen-bond acceptors (Lipinski definition) is 3. The first kappa shape index (κ1) is 24.5. The molecule has 3 aromatic rings. The molecule has 0 aromatic heterocycles. The largest absolute Gasteiger partial charge is 0.416 e. The van der Waals surface area contributed by atoms with Crippen molar-refractivity contribution in [2.45, 2.75) is 30.5 Å². The molecular formula is C26H18ClF5N4O2. The second-order valence-corrected chi connectivity index (χ2v) is 10.2. The Bertz CT molecular complexity index is 1550. The van der Waals surface area contributed by atoms with Crippen molar-refractivity contribution in [3.63, 3.8) is 0 Å². The summed E-state index contributed by atoms with van der Waals surface area (Å²) in [7, 11) is 0. The number of nitrogens with two attached hydrogens (primary N) is 1. The van der Waals surface area contributed by atoms with Gasteiger partial charge in [-0.15, -0.1) is 0 Å². The molecule has 1 fully saturated rings. The first-order chi connectivity index (χ1) is 17.9. The third kappa shape index (κ3) is 3.75. The van der Waals surface area contributed by atoms with Gasteiger partial charge in [-0.2, -0.15) is 13.2 Å². The molecule has 196 valence electrons. The van der Waals surface area contributed by atoms with Gasteiger partial charge in [-0.1, -0.05) is 11.6 Å². The number of anilines is 3. The predicted octanol–water partition coefficient (Wildman–Crippen LogP) is 6.14. The van der Waals surface area contributed by atoms with Crippen molar-refractivity contribution in [2.24, 2.45) is 0 Å². The maximum Gasteiger partial charge on any atom is 0.416 e. The zero-order valence-corrected chi connectivity index (χ0v) is 20.1. The molecule has 12 heteroatoms. The van der Waals surface area contributed by atoms with Gasteiger partial charge in [0.1, 0.15) is 11.6 Å². The SMILES string of the molecule is Nc1cc(NC(=O)c2cc(F)cc(C(F)(F)F)c2)c2c3c1C1(CC1)CN3C(=O)NC2c1cc(F)ccc1Cl. The number of benzene rings is 3. The Hall–Kier alpha value is -3.86. The van der Waals surface area contributed by atoms with E-state index in [0.717, 1.165) is 30.5 Å². The number of fused-ring (bicyclic) bond motifs is 1. The lowest BCUT2D eigenvalue weighted by Gasteiger charge is -2.35. The highest BCUT2D eigenvalue weighted by molar-refractivity contribution is 6.31. The van der Waals surface area contributed by atoms with Crippen molar-refractivity contribution in [1.29, 1.82) is 0 Å². The molecule has 38 heavy (non-hydrogen) atoms. The van der Waals surface area contributed by atoms with Gasteiger partial charge in [0.2, 0.25) is 0 Å². The van der Waals surface area contributed by atoms with Crippen LogP contribution in [0.15, 0.2) is 42.5 Å². The molecule has 0 bridgehead atoms. The topological polar surface area (TPSA) is 87.5 Å². The fourth-order valence-electron chi connectivity index (χ4n) is 5.45. The van der Waals surface area contributed by atoms with Gasteiger partial charge in [-0.05, 0) is 55.3 Å². The molecular weight excluding hydrogens is 531 g/mol. The molecule has 3 aromatic carbocycles. The predicted molar refractivity (Wildman–Crippen MR) is 130 cm³/mol. The molecule has 1 atom stereocenters. The van der Waals surface area contributed by atoms with E-state index in [2.05, 4.69) is 10.6 Å². The minimum Gasteiger partial charge on any atom is -0.398 e. The van der Waals surface area contributed by atoms with Gasteiger partial charge in [0.25, 0.3) is 5.91 Å². The van der Waals surface area contributed by atoms with E-state index in [1.54, 1.807) is 0 Å². The summed E-state index contributed by atoms with van der Waals surface area (Å²) in [4.78, 5) is 27.8. The molecule has 1 saturated carbocycles. The number of alkyl halides is 3. The van der Waals surface area contributed by atoms with Crippen LogP contribution in [0.25, 0.3) is 0 Å². The van der Waals surface area contributed by atoms with Crippen LogP contribution in [0.1, 0.15) is 51.5 Å². The minimum absolute atomic E-state index is 0.0668. The number of carbonyl (C=O) groups is 2. The normalized spacial score (nSPS) is 18.8. The van der Waals surface area contributed by atoms with Crippen LogP contribution in [0.5, 0.6) is 0 Å². The Balaban J connectivity index is 1.52. The number of rotatable bonds is 3. The van der Waals surface area contributed by atoms with Gasteiger partial charge >= 0.3 is 12.2 Å².